The Morgan fingerprint density at radius 2 is 2.42 bits per heavy atom. The molecule has 1 heterocycles. The number of fused-ring (bicyclic) bond motifs is 1. The first kappa shape index (κ1) is 8.05. The molecule has 3 nitrogen and oxygen atoms in total. The molecule has 0 aromatic heterocycles. The van der Waals surface area contributed by atoms with Crippen LogP contribution >= 0.6 is 0 Å². The lowest BCUT2D eigenvalue weighted by Gasteiger charge is -2.35. The third-order valence-electron chi connectivity index (χ3n) is 3.15. The molecule has 0 aromatic rings. The monoisotopic (exact) mass is 170 g/mol. The van der Waals surface area contributed by atoms with Gasteiger partial charge in [0.15, 0.2) is 0 Å². The van der Waals surface area contributed by atoms with E-state index in [9.17, 15) is 9.90 Å². The highest BCUT2D eigenvalue weighted by atomic mass is 16.6. The summed E-state index contributed by atoms with van der Waals surface area (Å²) >= 11 is 0. The zero-order chi connectivity index (χ0) is 8.77. The van der Waals surface area contributed by atoms with Gasteiger partial charge in [-0.05, 0) is 26.2 Å². The van der Waals surface area contributed by atoms with Gasteiger partial charge in [-0.15, -0.1) is 0 Å². The van der Waals surface area contributed by atoms with Gasteiger partial charge in [0.25, 0.3) is 0 Å². The number of aliphatic hydroxyl groups is 1. The van der Waals surface area contributed by atoms with Crippen LogP contribution in [0.15, 0.2) is 0 Å². The first-order chi connectivity index (χ1) is 5.60. The van der Waals surface area contributed by atoms with Crippen LogP contribution in [0, 0.1) is 5.92 Å². The predicted molar refractivity (Wildman–Crippen MR) is 42.5 cm³/mol. The topological polar surface area (TPSA) is 46.5 Å². The normalized spacial score (nSPS) is 47.0. The fourth-order valence-electron chi connectivity index (χ4n) is 2.29. The van der Waals surface area contributed by atoms with E-state index in [1.807, 2.05) is 6.92 Å². The zero-order valence-electron chi connectivity index (χ0n) is 7.25. The molecule has 0 radical (unpaired) electrons. The van der Waals surface area contributed by atoms with Gasteiger partial charge in [0.05, 0.1) is 12.5 Å². The van der Waals surface area contributed by atoms with E-state index in [4.69, 9.17) is 4.74 Å². The van der Waals surface area contributed by atoms with E-state index in [2.05, 4.69) is 0 Å². The second-order valence-electron chi connectivity index (χ2n) is 4.12. The fraction of sp³-hybridized carbons (Fsp3) is 0.889. The molecule has 12 heavy (non-hydrogen) atoms. The second-order valence-corrected chi connectivity index (χ2v) is 4.12. The molecule has 0 amide bonds. The Labute approximate surface area is 71.7 Å². The third-order valence-corrected chi connectivity index (χ3v) is 3.15. The lowest BCUT2D eigenvalue weighted by molar-refractivity contribution is -0.150. The van der Waals surface area contributed by atoms with Crippen molar-refractivity contribution in [2.24, 2.45) is 5.92 Å². The molecule has 68 valence electrons. The maximum absolute atomic E-state index is 11.0. The quantitative estimate of drug-likeness (QED) is 0.548. The SMILES string of the molecule is CC12CCC(O)CC1CC(=O)O2. The number of hydrogen-bond donors (Lipinski definition) is 1. The second kappa shape index (κ2) is 2.46. The minimum Gasteiger partial charge on any atom is -0.459 e. The van der Waals surface area contributed by atoms with E-state index < -0.39 is 0 Å². The van der Waals surface area contributed by atoms with E-state index in [1.165, 1.54) is 0 Å². The molecule has 0 spiro atoms. The van der Waals surface area contributed by atoms with Crippen LogP contribution in [-0.2, 0) is 9.53 Å². The number of aliphatic hydroxyl groups excluding tert-OH is 1. The highest BCUT2D eigenvalue weighted by Gasteiger charge is 2.48. The Hall–Kier alpha value is -0.570. The zero-order valence-corrected chi connectivity index (χ0v) is 7.25. The highest BCUT2D eigenvalue weighted by Crippen LogP contribution is 2.43. The van der Waals surface area contributed by atoms with Gasteiger partial charge in [-0.25, -0.2) is 0 Å². The molecule has 0 aromatic carbocycles. The van der Waals surface area contributed by atoms with Crippen LogP contribution in [0.4, 0.5) is 0 Å². The van der Waals surface area contributed by atoms with Crippen LogP contribution in [0.5, 0.6) is 0 Å². The Morgan fingerprint density at radius 3 is 3.17 bits per heavy atom. The van der Waals surface area contributed by atoms with E-state index in [1.54, 1.807) is 0 Å². The molecular formula is C9H14O3. The number of hydrogen-bond acceptors (Lipinski definition) is 3. The van der Waals surface area contributed by atoms with Gasteiger partial charge < -0.3 is 9.84 Å². The summed E-state index contributed by atoms with van der Waals surface area (Å²) < 4.78 is 5.25. The number of carbonyl (C=O) groups is 1. The Morgan fingerprint density at radius 1 is 1.67 bits per heavy atom. The molecule has 3 heteroatoms. The Balaban J connectivity index is 2.15. The number of rotatable bonds is 0. The molecule has 1 aliphatic heterocycles. The minimum atomic E-state index is -0.268. The Kier molecular flexibility index (Phi) is 1.65. The number of esters is 1. The minimum absolute atomic E-state index is 0.100. The van der Waals surface area contributed by atoms with Crippen molar-refractivity contribution in [3.63, 3.8) is 0 Å². The molecule has 1 aliphatic carbocycles. The van der Waals surface area contributed by atoms with Crippen molar-refractivity contribution in [2.75, 3.05) is 0 Å². The summed E-state index contributed by atoms with van der Waals surface area (Å²) in [6.07, 6.45) is 2.57. The van der Waals surface area contributed by atoms with Crippen LogP contribution in [-0.4, -0.2) is 22.8 Å². The van der Waals surface area contributed by atoms with Crippen molar-refractivity contribution in [3.8, 4) is 0 Å². The molecule has 3 atom stereocenters. The standard InChI is InChI=1S/C9H14O3/c1-9-3-2-7(10)4-6(9)5-8(11)12-9/h6-7,10H,2-5H2,1H3. The lowest BCUT2D eigenvalue weighted by atomic mass is 9.75. The third kappa shape index (κ3) is 1.12. The largest absolute Gasteiger partial charge is 0.459 e. The van der Waals surface area contributed by atoms with Crippen LogP contribution < -0.4 is 0 Å². The van der Waals surface area contributed by atoms with Gasteiger partial charge in [-0.3, -0.25) is 4.79 Å². The average molecular weight is 170 g/mol. The maximum atomic E-state index is 11.0. The van der Waals surface area contributed by atoms with Gasteiger partial charge >= 0.3 is 5.97 Å². The van der Waals surface area contributed by atoms with Crippen LogP contribution in [0.3, 0.4) is 0 Å². The van der Waals surface area contributed by atoms with E-state index in [0.717, 1.165) is 19.3 Å². The van der Waals surface area contributed by atoms with E-state index in [0.29, 0.717) is 6.42 Å². The number of carbonyl (C=O) groups excluding carboxylic acids is 1. The smallest absolute Gasteiger partial charge is 0.306 e. The molecular weight excluding hydrogens is 156 g/mol. The van der Waals surface area contributed by atoms with Crippen LogP contribution in [0.25, 0.3) is 0 Å². The molecule has 1 saturated heterocycles. The van der Waals surface area contributed by atoms with E-state index >= 15 is 0 Å². The van der Waals surface area contributed by atoms with Gasteiger partial charge in [0.2, 0.25) is 0 Å². The van der Waals surface area contributed by atoms with Crippen molar-refractivity contribution < 1.29 is 14.6 Å². The van der Waals surface area contributed by atoms with Gasteiger partial charge in [0, 0.05) is 5.92 Å². The summed E-state index contributed by atoms with van der Waals surface area (Å²) in [5.41, 5.74) is -0.268. The predicted octanol–water partition coefficient (Wildman–Crippen LogP) is 0.853. The first-order valence-electron chi connectivity index (χ1n) is 4.50. The lowest BCUT2D eigenvalue weighted by Crippen LogP contribution is -2.39. The van der Waals surface area contributed by atoms with Crippen molar-refractivity contribution in [1.82, 2.24) is 0 Å². The molecule has 3 unspecified atom stereocenters. The average Bonchev–Trinajstić information content (AvgIpc) is 2.24. The molecule has 2 aliphatic rings. The summed E-state index contributed by atoms with van der Waals surface area (Å²) in [4.78, 5) is 11.0. The fourth-order valence-corrected chi connectivity index (χ4v) is 2.29. The molecule has 1 N–H and O–H groups in total. The van der Waals surface area contributed by atoms with Crippen LogP contribution in [0.1, 0.15) is 32.6 Å². The highest BCUT2D eigenvalue weighted by molar-refractivity contribution is 5.72. The van der Waals surface area contributed by atoms with E-state index in [-0.39, 0.29) is 23.6 Å². The Bertz CT molecular complexity index is 214. The number of ether oxygens (including phenoxy) is 1. The van der Waals surface area contributed by atoms with Crippen molar-refractivity contribution in [1.29, 1.82) is 0 Å². The molecule has 0 bridgehead atoms. The summed E-state index contributed by atoms with van der Waals surface area (Å²) in [5.74, 6) is 0.144. The summed E-state index contributed by atoms with van der Waals surface area (Å²) in [6.45, 7) is 1.98. The summed E-state index contributed by atoms with van der Waals surface area (Å²) in [5, 5.41) is 9.39. The van der Waals surface area contributed by atoms with Gasteiger partial charge in [-0.1, -0.05) is 0 Å². The van der Waals surface area contributed by atoms with Gasteiger partial charge in [-0.2, -0.15) is 0 Å². The summed E-state index contributed by atoms with van der Waals surface area (Å²) in [6, 6.07) is 0. The van der Waals surface area contributed by atoms with Crippen molar-refractivity contribution in [3.05, 3.63) is 0 Å². The molecule has 2 fully saturated rings. The molecule has 2 rings (SSSR count). The summed E-state index contributed by atoms with van der Waals surface area (Å²) in [7, 11) is 0. The molecule has 1 saturated carbocycles. The maximum Gasteiger partial charge on any atom is 0.306 e. The first-order valence-corrected chi connectivity index (χ1v) is 4.50. The van der Waals surface area contributed by atoms with Crippen molar-refractivity contribution >= 4 is 5.97 Å². The van der Waals surface area contributed by atoms with Crippen molar-refractivity contribution in [2.45, 2.75) is 44.3 Å². The van der Waals surface area contributed by atoms with Gasteiger partial charge in [0.1, 0.15) is 5.60 Å². The van der Waals surface area contributed by atoms with Crippen LogP contribution in [0.2, 0.25) is 0 Å².